The molecule has 2 rings (SSSR count). The predicted octanol–water partition coefficient (Wildman–Crippen LogP) is 2.67. The van der Waals surface area contributed by atoms with Crippen molar-refractivity contribution < 1.29 is 4.52 Å². The van der Waals surface area contributed by atoms with Gasteiger partial charge in [0.25, 0.3) is 0 Å². The van der Waals surface area contributed by atoms with Crippen LogP contribution in [0.1, 0.15) is 56.4 Å². The van der Waals surface area contributed by atoms with Crippen molar-refractivity contribution in [3.8, 4) is 0 Å². The van der Waals surface area contributed by atoms with Gasteiger partial charge in [0.15, 0.2) is 5.82 Å². The van der Waals surface area contributed by atoms with Gasteiger partial charge in [-0.05, 0) is 24.5 Å². The van der Waals surface area contributed by atoms with Crippen molar-refractivity contribution in [2.45, 2.75) is 52.1 Å². The molecule has 5 nitrogen and oxygen atoms in total. The Hall–Kier alpha value is -1.62. The second-order valence-corrected chi connectivity index (χ2v) is 4.87. The minimum Gasteiger partial charge on any atom is -0.346 e. The Balaban J connectivity index is 1.98. The van der Waals surface area contributed by atoms with E-state index in [2.05, 4.69) is 36.3 Å². The second kappa shape index (κ2) is 6.52. The highest BCUT2D eigenvalue weighted by atomic mass is 16.5. The van der Waals surface area contributed by atoms with Crippen molar-refractivity contribution >= 4 is 0 Å². The summed E-state index contributed by atoms with van der Waals surface area (Å²) in [7, 11) is 0. The molecule has 0 aromatic carbocycles. The molecule has 0 spiro atoms. The third-order valence-electron chi connectivity index (χ3n) is 3.10. The fourth-order valence-electron chi connectivity index (χ4n) is 2.09. The third-order valence-corrected chi connectivity index (χ3v) is 3.10. The molecule has 104 valence electrons. The molecule has 2 aromatic rings. The topological polar surface area (TPSA) is 69.9 Å². The van der Waals surface area contributed by atoms with Crippen molar-refractivity contribution in [3.63, 3.8) is 0 Å². The quantitative estimate of drug-likeness (QED) is 0.832. The van der Waals surface area contributed by atoms with E-state index in [1.807, 2.05) is 10.8 Å². The molecule has 0 bridgehead atoms. The van der Waals surface area contributed by atoms with Gasteiger partial charge in [-0.25, -0.2) is 0 Å². The molecule has 0 saturated heterocycles. The molecule has 0 aliphatic heterocycles. The van der Waals surface area contributed by atoms with Crippen LogP contribution in [-0.2, 0) is 13.0 Å². The van der Waals surface area contributed by atoms with Gasteiger partial charge < -0.3 is 14.8 Å². The van der Waals surface area contributed by atoms with Crippen LogP contribution in [0.5, 0.6) is 0 Å². The maximum atomic E-state index is 6.09. The van der Waals surface area contributed by atoms with Crippen molar-refractivity contribution in [2.75, 3.05) is 0 Å². The van der Waals surface area contributed by atoms with E-state index in [0.717, 1.165) is 31.5 Å². The minimum absolute atomic E-state index is 0.118. The normalized spacial score (nSPS) is 12.8. The molecule has 1 unspecified atom stereocenters. The highest BCUT2D eigenvalue weighted by Crippen LogP contribution is 2.16. The Morgan fingerprint density at radius 1 is 1.37 bits per heavy atom. The van der Waals surface area contributed by atoms with E-state index in [4.69, 9.17) is 10.3 Å². The number of rotatable bonds is 7. The Bertz CT molecular complexity index is 503. The van der Waals surface area contributed by atoms with Gasteiger partial charge in [0.1, 0.15) is 0 Å². The molecule has 0 radical (unpaired) electrons. The Labute approximate surface area is 113 Å². The van der Waals surface area contributed by atoms with Gasteiger partial charge in [-0.3, -0.25) is 0 Å². The van der Waals surface area contributed by atoms with Gasteiger partial charge in [0.2, 0.25) is 5.89 Å². The second-order valence-electron chi connectivity index (χ2n) is 4.87. The van der Waals surface area contributed by atoms with Crippen LogP contribution in [0.3, 0.4) is 0 Å². The maximum absolute atomic E-state index is 6.09. The molecule has 2 N–H and O–H groups in total. The van der Waals surface area contributed by atoms with Crippen LogP contribution < -0.4 is 5.73 Å². The van der Waals surface area contributed by atoms with E-state index >= 15 is 0 Å². The van der Waals surface area contributed by atoms with Crippen LogP contribution in [0.15, 0.2) is 23.0 Å². The van der Waals surface area contributed by atoms with Crippen molar-refractivity contribution in [1.82, 2.24) is 14.7 Å². The van der Waals surface area contributed by atoms with Crippen LogP contribution in [-0.4, -0.2) is 14.7 Å². The van der Waals surface area contributed by atoms with Gasteiger partial charge >= 0.3 is 0 Å². The lowest BCUT2D eigenvalue weighted by atomic mass is 10.1. The summed E-state index contributed by atoms with van der Waals surface area (Å²) in [4.78, 5) is 4.36. The standard InChI is InChI=1S/C14H22N4O/c1-3-5-12(15)11-7-8-18(9-11)10-13-16-14(6-4-2)19-17-13/h7-9,12H,3-6,10,15H2,1-2H3. The summed E-state index contributed by atoms with van der Waals surface area (Å²) in [6, 6.07) is 2.18. The van der Waals surface area contributed by atoms with E-state index in [1.54, 1.807) is 0 Å². The lowest BCUT2D eigenvalue weighted by molar-refractivity contribution is 0.371. The summed E-state index contributed by atoms with van der Waals surface area (Å²) in [6.07, 6.45) is 8.04. The zero-order valence-corrected chi connectivity index (χ0v) is 11.7. The highest BCUT2D eigenvalue weighted by molar-refractivity contribution is 5.15. The Morgan fingerprint density at radius 2 is 2.21 bits per heavy atom. The fourth-order valence-corrected chi connectivity index (χ4v) is 2.09. The lowest BCUT2D eigenvalue weighted by Crippen LogP contribution is -2.08. The summed E-state index contributed by atoms with van der Waals surface area (Å²) in [5, 5.41) is 3.98. The van der Waals surface area contributed by atoms with E-state index in [1.165, 1.54) is 5.56 Å². The molecule has 5 heteroatoms. The fraction of sp³-hybridized carbons (Fsp3) is 0.571. The van der Waals surface area contributed by atoms with Crippen LogP contribution in [0.4, 0.5) is 0 Å². The van der Waals surface area contributed by atoms with Crippen molar-refractivity contribution in [3.05, 3.63) is 35.7 Å². The molecule has 0 aliphatic carbocycles. The summed E-state index contributed by atoms with van der Waals surface area (Å²) in [6.45, 7) is 4.87. The van der Waals surface area contributed by atoms with Crippen LogP contribution in [0.2, 0.25) is 0 Å². The van der Waals surface area contributed by atoms with Gasteiger partial charge in [0, 0.05) is 24.9 Å². The van der Waals surface area contributed by atoms with Gasteiger partial charge in [-0.1, -0.05) is 25.4 Å². The Kier molecular flexibility index (Phi) is 4.74. The van der Waals surface area contributed by atoms with Crippen molar-refractivity contribution in [1.29, 1.82) is 0 Å². The molecule has 0 aliphatic rings. The first-order valence-electron chi connectivity index (χ1n) is 6.95. The summed E-state index contributed by atoms with van der Waals surface area (Å²) < 4.78 is 7.22. The molecule has 19 heavy (non-hydrogen) atoms. The number of nitrogens with two attached hydrogens (primary N) is 1. The van der Waals surface area contributed by atoms with Crippen LogP contribution in [0, 0.1) is 0 Å². The minimum atomic E-state index is 0.118. The van der Waals surface area contributed by atoms with Gasteiger partial charge in [-0.2, -0.15) is 4.98 Å². The van der Waals surface area contributed by atoms with E-state index < -0.39 is 0 Å². The van der Waals surface area contributed by atoms with Gasteiger partial charge in [-0.15, -0.1) is 0 Å². The average molecular weight is 262 g/mol. The monoisotopic (exact) mass is 262 g/mol. The van der Waals surface area contributed by atoms with Crippen LogP contribution >= 0.6 is 0 Å². The largest absolute Gasteiger partial charge is 0.346 e. The first kappa shape index (κ1) is 13.8. The molecular weight excluding hydrogens is 240 g/mol. The van der Waals surface area contributed by atoms with Gasteiger partial charge in [0.05, 0.1) is 6.54 Å². The molecule has 0 amide bonds. The number of hydrogen-bond donors (Lipinski definition) is 1. The first-order valence-corrected chi connectivity index (χ1v) is 6.95. The zero-order valence-electron chi connectivity index (χ0n) is 11.7. The summed E-state index contributed by atoms with van der Waals surface area (Å²) >= 11 is 0. The lowest BCUT2D eigenvalue weighted by Gasteiger charge is -2.07. The number of aromatic nitrogens is 3. The molecule has 0 saturated carbocycles. The SMILES string of the molecule is CCCc1nc(Cn2ccc(C(N)CCC)c2)no1. The summed E-state index contributed by atoms with van der Waals surface area (Å²) in [5.41, 5.74) is 7.26. The molecular formula is C14H22N4O. The number of aryl methyl sites for hydroxylation is 1. The van der Waals surface area contributed by atoms with Crippen molar-refractivity contribution in [2.24, 2.45) is 5.73 Å². The summed E-state index contributed by atoms with van der Waals surface area (Å²) in [5.74, 6) is 1.43. The molecule has 1 atom stereocenters. The van der Waals surface area contributed by atoms with E-state index in [-0.39, 0.29) is 6.04 Å². The number of hydrogen-bond acceptors (Lipinski definition) is 4. The van der Waals surface area contributed by atoms with Crippen LogP contribution in [0.25, 0.3) is 0 Å². The maximum Gasteiger partial charge on any atom is 0.226 e. The highest BCUT2D eigenvalue weighted by Gasteiger charge is 2.09. The van der Waals surface area contributed by atoms with E-state index in [9.17, 15) is 0 Å². The first-order chi connectivity index (χ1) is 9.22. The number of nitrogens with zero attached hydrogens (tertiary/aromatic N) is 3. The Morgan fingerprint density at radius 3 is 2.95 bits per heavy atom. The zero-order chi connectivity index (χ0) is 13.7. The molecule has 0 fully saturated rings. The van der Waals surface area contributed by atoms with E-state index in [0.29, 0.717) is 12.4 Å². The smallest absolute Gasteiger partial charge is 0.226 e. The molecule has 2 aromatic heterocycles. The molecule has 2 heterocycles. The third kappa shape index (κ3) is 3.67. The average Bonchev–Trinajstić information content (AvgIpc) is 3.00. The predicted molar refractivity (Wildman–Crippen MR) is 73.7 cm³/mol.